The molecule has 0 aliphatic carbocycles. The van der Waals surface area contributed by atoms with Gasteiger partial charge in [0, 0.05) is 7.05 Å². The van der Waals surface area contributed by atoms with Crippen LogP contribution in [-0.4, -0.2) is 35.8 Å². The Morgan fingerprint density at radius 3 is 2.67 bits per heavy atom. The number of cyclic esters (lactones) is 1. The fourth-order valence-corrected chi connectivity index (χ4v) is 1.63. The highest BCUT2D eigenvalue weighted by atomic mass is 16.6. The zero-order valence-corrected chi connectivity index (χ0v) is 8.51. The van der Waals surface area contributed by atoms with Crippen molar-refractivity contribution in [1.82, 2.24) is 4.90 Å². The van der Waals surface area contributed by atoms with Gasteiger partial charge in [-0.05, 0) is 24.1 Å². The van der Waals surface area contributed by atoms with Crippen LogP contribution in [0.1, 0.15) is 5.56 Å². The van der Waals surface area contributed by atoms with Crippen molar-refractivity contribution < 1.29 is 14.6 Å². The summed E-state index contributed by atoms with van der Waals surface area (Å²) in [5, 5.41) is 9.12. The predicted molar refractivity (Wildman–Crippen MR) is 54.7 cm³/mol. The van der Waals surface area contributed by atoms with E-state index < -0.39 is 0 Å². The molecule has 80 valence electrons. The number of hydrogen-bond acceptors (Lipinski definition) is 3. The van der Waals surface area contributed by atoms with Crippen molar-refractivity contribution in [3.63, 3.8) is 0 Å². The van der Waals surface area contributed by atoms with Crippen molar-refractivity contribution in [2.75, 3.05) is 13.7 Å². The molecule has 0 saturated carbocycles. The molecule has 0 bridgehead atoms. The number of benzene rings is 1. The summed E-state index contributed by atoms with van der Waals surface area (Å²) in [6, 6.07) is 7.10. The molecule has 1 unspecified atom stereocenters. The Morgan fingerprint density at radius 2 is 2.13 bits per heavy atom. The molecule has 0 aromatic heterocycles. The SMILES string of the molecule is CN1C(=O)OCC1Cc1ccc(O)cc1. The maximum atomic E-state index is 11.1. The van der Waals surface area contributed by atoms with Gasteiger partial charge in [-0.1, -0.05) is 12.1 Å². The van der Waals surface area contributed by atoms with Gasteiger partial charge in [-0.15, -0.1) is 0 Å². The quantitative estimate of drug-likeness (QED) is 0.797. The van der Waals surface area contributed by atoms with E-state index in [0.717, 1.165) is 12.0 Å². The normalized spacial score (nSPS) is 20.5. The molecule has 4 nitrogen and oxygen atoms in total. The molecular weight excluding hydrogens is 194 g/mol. The number of carbonyl (C=O) groups is 1. The fraction of sp³-hybridized carbons (Fsp3) is 0.364. The molecule has 15 heavy (non-hydrogen) atoms. The number of carbonyl (C=O) groups excluding carboxylic acids is 1. The van der Waals surface area contributed by atoms with Crippen LogP contribution < -0.4 is 0 Å². The lowest BCUT2D eigenvalue weighted by Gasteiger charge is -2.15. The number of hydrogen-bond donors (Lipinski definition) is 1. The molecule has 4 heteroatoms. The maximum absolute atomic E-state index is 11.1. The lowest BCUT2D eigenvalue weighted by molar-refractivity contribution is 0.163. The van der Waals surface area contributed by atoms with E-state index in [1.54, 1.807) is 24.1 Å². The van der Waals surface area contributed by atoms with Crippen molar-refractivity contribution in [3.05, 3.63) is 29.8 Å². The van der Waals surface area contributed by atoms with Crippen molar-refractivity contribution >= 4 is 6.09 Å². The monoisotopic (exact) mass is 207 g/mol. The molecule has 1 heterocycles. The van der Waals surface area contributed by atoms with E-state index in [-0.39, 0.29) is 17.9 Å². The minimum atomic E-state index is -0.265. The van der Waals surface area contributed by atoms with E-state index >= 15 is 0 Å². The molecule has 0 radical (unpaired) electrons. The number of ether oxygens (including phenoxy) is 1. The number of amides is 1. The standard InChI is InChI=1S/C11H13NO3/c1-12-9(7-15-11(12)14)6-8-2-4-10(13)5-3-8/h2-5,9,13H,6-7H2,1H3. The Balaban J connectivity index is 2.03. The van der Waals surface area contributed by atoms with Gasteiger partial charge in [0.25, 0.3) is 0 Å². The number of likely N-dealkylation sites (N-methyl/N-ethyl adjacent to an activating group) is 1. The van der Waals surface area contributed by atoms with Gasteiger partial charge in [0.1, 0.15) is 12.4 Å². The van der Waals surface area contributed by atoms with Gasteiger partial charge < -0.3 is 14.7 Å². The topological polar surface area (TPSA) is 49.8 Å². The van der Waals surface area contributed by atoms with Crippen LogP contribution in [0.3, 0.4) is 0 Å². The van der Waals surface area contributed by atoms with Gasteiger partial charge in [-0.2, -0.15) is 0 Å². The third-order valence-corrected chi connectivity index (χ3v) is 2.64. The molecule has 1 fully saturated rings. The van der Waals surface area contributed by atoms with Gasteiger partial charge in [-0.3, -0.25) is 0 Å². The summed E-state index contributed by atoms with van der Waals surface area (Å²) in [6.07, 6.45) is 0.487. The minimum Gasteiger partial charge on any atom is -0.508 e. The van der Waals surface area contributed by atoms with Crippen molar-refractivity contribution in [3.8, 4) is 5.75 Å². The third-order valence-electron chi connectivity index (χ3n) is 2.64. The second kappa shape index (κ2) is 3.81. The first-order chi connectivity index (χ1) is 7.16. The molecule has 1 saturated heterocycles. The maximum Gasteiger partial charge on any atom is 0.409 e. The molecule has 2 rings (SSSR count). The number of phenols is 1. The second-order valence-electron chi connectivity index (χ2n) is 3.71. The van der Waals surface area contributed by atoms with Gasteiger partial charge in [0.05, 0.1) is 6.04 Å². The van der Waals surface area contributed by atoms with E-state index in [9.17, 15) is 4.79 Å². The summed E-state index contributed by atoms with van der Waals surface area (Å²) in [4.78, 5) is 12.7. The zero-order chi connectivity index (χ0) is 10.8. The van der Waals surface area contributed by atoms with Gasteiger partial charge >= 0.3 is 6.09 Å². The van der Waals surface area contributed by atoms with Crippen molar-refractivity contribution in [1.29, 1.82) is 0 Å². The lowest BCUT2D eigenvalue weighted by atomic mass is 10.1. The molecule has 1 N–H and O–H groups in total. The van der Waals surface area contributed by atoms with Crippen LogP contribution in [-0.2, 0) is 11.2 Å². The van der Waals surface area contributed by atoms with Crippen LogP contribution in [0.15, 0.2) is 24.3 Å². The summed E-state index contributed by atoms with van der Waals surface area (Å²) < 4.78 is 4.91. The Labute approximate surface area is 88.1 Å². The highest BCUT2D eigenvalue weighted by Gasteiger charge is 2.29. The van der Waals surface area contributed by atoms with E-state index in [1.807, 2.05) is 12.1 Å². The summed E-state index contributed by atoms with van der Waals surface area (Å²) in [6.45, 7) is 0.441. The average Bonchev–Trinajstić information content (AvgIpc) is 2.53. The third kappa shape index (κ3) is 2.03. The molecular formula is C11H13NO3. The average molecular weight is 207 g/mol. The van der Waals surface area contributed by atoms with Crippen LogP contribution in [0.25, 0.3) is 0 Å². The fourth-order valence-electron chi connectivity index (χ4n) is 1.63. The molecule has 1 amide bonds. The number of aromatic hydroxyl groups is 1. The van der Waals surface area contributed by atoms with Gasteiger partial charge in [0.2, 0.25) is 0 Å². The minimum absolute atomic E-state index is 0.0991. The van der Waals surface area contributed by atoms with Crippen LogP contribution in [0.5, 0.6) is 5.75 Å². The van der Waals surface area contributed by atoms with E-state index in [0.29, 0.717) is 6.61 Å². The summed E-state index contributed by atoms with van der Waals surface area (Å²) in [5.74, 6) is 0.255. The van der Waals surface area contributed by atoms with Gasteiger partial charge in [-0.25, -0.2) is 4.79 Å². The lowest BCUT2D eigenvalue weighted by Crippen LogP contribution is -2.30. The highest BCUT2D eigenvalue weighted by Crippen LogP contribution is 2.17. The van der Waals surface area contributed by atoms with E-state index in [4.69, 9.17) is 9.84 Å². The summed E-state index contributed by atoms with van der Waals surface area (Å²) >= 11 is 0. The first-order valence-electron chi connectivity index (χ1n) is 4.84. The zero-order valence-electron chi connectivity index (χ0n) is 8.51. The van der Waals surface area contributed by atoms with Crippen LogP contribution >= 0.6 is 0 Å². The number of phenolic OH excluding ortho intramolecular Hbond substituents is 1. The molecule has 1 aliphatic rings. The number of rotatable bonds is 2. The molecule has 0 spiro atoms. The van der Waals surface area contributed by atoms with Crippen LogP contribution in [0.4, 0.5) is 4.79 Å². The summed E-state index contributed by atoms with van der Waals surface area (Å²) in [5.41, 5.74) is 1.09. The molecule has 1 aromatic rings. The smallest absolute Gasteiger partial charge is 0.409 e. The van der Waals surface area contributed by atoms with Crippen molar-refractivity contribution in [2.45, 2.75) is 12.5 Å². The Hall–Kier alpha value is -1.71. The van der Waals surface area contributed by atoms with E-state index in [2.05, 4.69) is 0 Å². The van der Waals surface area contributed by atoms with Crippen molar-refractivity contribution in [2.24, 2.45) is 0 Å². The Kier molecular flexibility index (Phi) is 2.49. The molecule has 1 atom stereocenters. The molecule has 1 aliphatic heterocycles. The van der Waals surface area contributed by atoms with Crippen LogP contribution in [0, 0.1) is 0 Å². The molecule has 1 aromatic carbocycles. The second-order valence-corrected chi connectivity index (χ2v) is 3.71. The number of nitrogens with zero attached hydrogens (tertiary/aromatic N) is 1. The highest BCUT2D eigenvalue weighted by molar-refractivity contribution is 5.69. The van der Waals surface area contributed by atoms with E-state index in [1.165, 1.54) is 0 Å². The first-order valence-corrected chi connectivity index (χ1v) is 4.84. The largest absolute Gasteiger partial charge is 0.508 e. The Morgan fingerprint density at radius 1 is 1.47 bits per heavy atom. The summed E-state index contributed by atoms with van der Waals surface area (Å²) in [7, 11) is 1.74. The predicted octanol–water partition coefficient (Wildman–Crippen LogP) is 1.39. The van der Waals surface area contributed by atoms with Gasteiger partial charge in [0.15, 0.2) is 0 Å². The first kappa shape index (κ1) is 9.83. The van der Waals surface area contributed by atoms with Crippen LogP contribution in [0.2, 0.25) is 0 Å². The Bertz CT molecular complexity index is 361.